The molecule has 1 aromatic carbocycles. The molecule has 0 amide bonds. The Morgan fingerprint density at radius 3 is 2.61 bits per heavy atom. The molecule has 2 aromatic heterocycles. The normalized spacial score (nSPS) is 24.1. The number of anilines is 1. The molecular weight excluding hydrogens is 440 g/mol. The van der Waals surface area contributed by atoms with Gasteiger partial charge >= 0.3 is 0 Å². The Morgan fingerprint density at radius 1 is 1.21 bits per heavy atom. The summed E-state index contributed by atoms with van der Waals surface area (Å²) < 4.78 is 31.1. The lowest BCUT2D eigenvalue weighted by molar-refractivity contribution is 0.0336. The second-order valence-corrected chi connectivity index (χ2v) is 11.3. The van der Waals surface area contributed by atoms with Crippen LogP contribution in [-0.2, 0) is 17.1 Å². The molecule has 0 spiro atoms. The quantitative estimate of drug-likeness (QED) is 0.505. The zero-order chi connectivity index (χ0) is 23.6. The molecular formula is C23H28N6O3S. The summed E-state index contributed by atoms with van der Waals surface area (Å²) in [5, 5.41) is 14.0. The fourth-order valence-electron chi connectivity index (χ4n) is 5.50. The molecule has 10 heteroatoms. The van der Waals surface area contributed by atoms with Gasteiger partial charge in [-0.05, 0) is 62.6 Å². The van der Waals surface area contributed by atoms with E-state index in [0.29, 0.717) is 29.8 Å². The Labute approximate surface area is 193 Å². The van der Waals surface area contributed by atoms with Crippen LogP contribution in [0.5, 0.6) is 0 Å². The van der Waals surface area contributed by atoms with Gasteiger partial charge in [0.15, 0.2) is 0 Å². The lowest BCUT2D eigenvalue weighted by Crippen LogP contribution is -2.56. The molecule has 6 rings (SSSR count). The summed E-state index contributed by atoms with van der Waals surface area (Å²) in [5.74, 6) is 0.288. The number of nitrogens with two attached hydrogens (primary N) is 1. The van der Waals surface area contributed by atoms with Crippen LogP contribution in [0.2, 0.25) is 0 Å². The molecule has 0 unspecified atom stereocenters. The number of benzene rings is 1. The third kappa shape index (κ3) is 3.62. The maximum Gasteiger partial charge on any atom is 0.241 e. The average Bonchev–Trinajstić information content (AvgIpc) is 3.39. The van der Waals surface area contributed by atoms with E-state index in [0.717, 1.165) is 29.7 Å². The molecule has 0 saturated heterocycles. The number of hydrogen-bond donors (Lipinski definition) is 3. The molecule has 3 fully saturated rings. The molecule has 0 atom stereocenters. The summed E-state index contributed by atoms with van der Waals surface area (Å²) in [6.07, 6.45) is 6.37. The Hall–Kier alpha value is -2.82. The molecule has 4 N–H and O–H groups in total. The van der Waals surface area contributed by atoms with Crippen molar-refractivity contribution in [1.29, 1.82) is 0 Å². The first-order chi connectivity index (χ1) is 15.6. The Morgan fingerprint density at radius 2 is 1.97 bits per heavy atom. The van der Waals surface area contributed by atoms with Gasteiger partial charge in [0.25, 0.3) is 0 Å². The number of hydrogen-bond acceptors (Lipinski definition) is 7. The predicted molar refractivity (Wildman–Crippen MR) is 125 cm³/mol. The van der Waals surface area contributed by atoms with Gasteiger partial charge in [0.1, 0.15) is 11.5 Å². The highest BCUT2D eigenvalue weighted by Gasteiger charge is 2.61. The lowest BCUT2D eigenvalue weighted by Gasteiger charge is -2.46. The van der Waals surface area contributed by atoms with Gasteiger partial charge < -0.3 is 10.8 Å². The molecule has 3 aliphatic carbocycles. The molecule has 2 heterocycles. The highest BCUT2D eigenvalue weighted by atomic mass is 32.2. The average molecular weight is 469 g/mol. The van der Waals surface area contributed by atoms with Crippen LogP contribution in [0, 0.1) is 19.3 Å². The first-order valence-corrected chi connectivity index (χ1v) is 12.4. The minimum absolute atomic E-state index is 0.110. The van der Waals surface area contributed by atoms with Crippen molar-refractivity contribution in [3.8, 4) is 22.5 Å². The summed E-state index contributed by atoms with van der Waals surface area (Å²) in [5.41, 5.74) is 9.73. The second kappa shape index (κ2) is 7.34. The molecule has 0 aliphatic heterocycles. The first-order valence-electron chi connectivity index (χ1n) is 10.9. The van der Waals surface area contributed by atoms with Gasteiger partial charge in [-0.25, -0.2) is 23.1 Å². The van der Waals surface area contributed by atoms with E-state index in [4.69, 9.17) is 10.7 Å². The van der Waals surface area contributed by atoms with E-state index >= 15 is 0 Å². The standard InChI is InChI=1S/C23H28N6O3S/c1-14-4-5-16(33(31,32)28-23-7-6-22(11-23,12-23)13-30)8-17(14)19-9-25-21(24)20(26-19)18-10-29(3)27-15(18)2/h4-5,8-10,28,30H,6-7,11-13H2,1-3H3,(H2,24,25). The van der Waals surface area contributed by atoms with Crippen molar-refractivity contribution < 1.29 is 13.5 Å². The Balaban J connectivity index is 1.50. The van der Waals surface area contributed by atoms with Crippen molar-refractivity contribution in [1.82, 2.24) is 24.5 Å². The number of aryl methyl sites for hydroxylation is 3. The summed E-state index contributed by atoms with van der Waals surface area (Å²) >= 11 is 0. The van der Waals surface area contributed by atoms with Gasteiger partial charge in [-0.1, -0.05) is 6.07 Å². The van der Waals surface area contributed by atoms with E-state index < -0.39 is 15.6 Å². The summed E-state index contributed by atoms with van der Waals surface area (Å²) in [4.78, 5) is 9.24. The first kappa shape index (κ1) is 22.0. The van der Waals surface area contributed by atoms with Gasteiger partial charge in [0.05, 0.1) is 22.5 Å². The highest BCUT2D eigenvalue weighted by Crippen LogP contribution is 2.61. The smallest absolute Gasteiger partial charge is 0.241 e. The van der Waals surface area contributed by atoms with E-state index in [9.17, 15) is 13.5 Å². The van der Waals surface area contributed by atoms with Gasteiger partial charge in [0.2, 0.25) is 10.0 Å². The van der Waals surface area contributed by atoms with Crippen molar-refractivity contribution in [3.05, 3.63) is 41.9 Å². The zero-order valence-electron chi connectivity index (χ0n) is 19.0. The van der Waals surface area contributed by atoms with Crippen molar-refractivity contribution in [2.45, 2.75) is 50.0 Å². The summed E-state index contributed by atoms with van der Waals surface area (Å²) in [7, 11) is -1.91. The second-order valence-electron chi connectivity index (χ2n) is 9.67. The van der Waals surface area contributed by atoms with E-state index in [-0.39, 0.29) is 22.7 Å². The lowest BCUT2D eigenvalue weighted by atomic mass is 9.66. The van der Waals surface area contributed by atoms with Crippen molar-refractivity contribution in [2.75, 3.05) is 12.3 Å². The number of aliphatic hydroxyl groups is 1. The van der Waals surface area contributed by atoms with Crippen LogP contribution in [0.15, 0.2) is 35.5 Å². The number of nitrogen functional groups attached to an aromatic ring is 1. The fourth-order valence-corrected chi connectivity index (χ4v) is 6.96. The van der Waals surface area contributed by atoms with Gasteiger partial charge in [-0.2, -0.15) is 5.10 Å². The molecule has 3 saturated carbocycles. The molecule has 2 bridgehead atoms. The SMILES string of the molecule is Cc1ccc(S(=O)(=O)NC23CCC(CO)(C2)C3)cc1-c1cnc(N)c(-c2cn(C)nc2C)n1. The molecule has 9 nitrogen and oxygen atoms in total. The van der Waals surface area contributed by atoms with Gasteiger partial charge in [0, 0.05) is 36.5 Å². The minimum atomic E-state index is -3.74. The van der Waals surface area contributed by atoms with E-state index in [1.165, 1.54) is 0 Å². The third-order valence-corrected chi connectivity index (χ3v) is 8.69. The Bertz CT molecular complexity index is 1360. The number of sulfonamides is 1. The predicted octanol–water partition coefficient (Wildman–Crippen LogP) is 2.33. The number of nitrogens with zero attached hydrogens (tertiary/aromatic N) is 4. The molecule has 33 heavy (non-hydrogen) atoms. The number of aromatic nitrogens is 4. The van der Waals surface area contributed by atoms with Crippen LogP contribution in [0.4, 0.5) is 5.82 Å². The maximum atomic E-state index is 13.3. The zero-order valence-corrected chi connectivity index (χ0v) is 19.8. The van der Waals surface area contributed by atoms with Crippen LogP contribution in [0.1, 0.15) is 36.9 Å². The van der Waals surface area contributed by atoms with Crippen molar-refractivity contribution in [3.63, 3.8) is 0 Å². The van der Waals surface area contributed by atoms with Crippen molar-refractivity contribution in [2.24, 2.45) is 12.5 Å². The van der Waals surface area contributed by atoms with Gasteiger partial charge in [-0.15, -0.1) is 0 Å². The van der Waals surface area contributed by atoms with E-state index in [1.54, 1.807) is 29.1 Å². The van der Waals surface area contributed by atoms with Crippen molar-refractivity contribution >= 4 is 15.8 Å². The third-order valence-electron chi connectivity index (χ3n) is 7.11. The van der Waals surface area contributed by atoms with Gasteiger partial charge in [-0.3, -0.25) is 4.68 Å². The number of rotatable bonds is 6. The monoisotopic (exact) mass is 468 g/mol. The van der Waals surface area contributed by atoms with Crippen LogP contribution in [0.3, 0.4) is 0 Å². The van der Waals surface area contributed by atoms with Crippen LogP contribution >= 0.6 is 0 Å². The summed E-state index contributed by atoms with van der Waals surface area (Å²) in [6, 6.07) is 5.03. The number of fused-ring (bicyclic) bond motifs is 1. The highest BCUT2D eigenvalue weighted by molar-refractivity contribution is 7.89. The minimum Gasteiger partial charge on any atom is -0.396 e. The Kier molecular flexibility index (Phi) is 4.89. The topological polar surface area (TPSA) is 136 Å². The molecule has 0 radical (unpaired) electrons. The molecule has 3 aliphatic rings. The largest absolute Gasteiger partial charge is 0.396 e. The molecule has 174 valence electrons. The maximum absolute atomic E-state index is 13.3. The molecule has 3 aromatic rings. The number of nitrogens with one attached hydrogen (secondary N) is 1. The van der Waals surface area contributed by atoms with E-state index in [2.05, 4.69) is 14.8 Å². The van der Waals surface area contributed by atoms with Crippen LogP contribution < -0.4 is 10.5 Å². The summed E-state index contributed by atoms with van der Waals surface area (Å²) in [6.45, 7) is 3.89. The van der Waals surface area contributed by atoms with E-state index in [1.807, 2.05) is 27.1 Å². The number of aliphatic hydroxyl groups excluding tert-OH is 1. The van der Waals surface area contributed by atoms with Crippen LogP contribution in [0.25, 0.3) is 22.5 Å². The van der Waals surface area contributed by atoms with Crippen LogP contribution in [-0.4, -0.2) is 45.4 Å². The fraction of sp³-hybridized carbons (Fsp3) is 0.435.